The lowest BCUT2D eigenvalue weighted by molar-refractivity contribution is -0.138. The summed E-state index contributed by atoms with van der Waals surface area (Å²) < 4.78 is 0. The summed E-state index contributed by atoms with van der Waals surface area (Å²) in [5.41, 5.74) is 7.34. The zero-order chi connectivity index (χ0) is 40.2. The van der Waals surface area contributed by atoms with Gasteiger partial charge in [0.1, 0.15) is 23.7 Å². The molecule has 0 bridgehead atoms. The zero-order valence-electron chi connectivity index (χ0n) is 32.8. The predicted octanol–water partition coefficient (Wildman–Crippen LogP) is 7.97. The molecule has 2 unspecified atom stereocenters. The highest BCUT2D eigenvalue weighted by atomic mass is 16.4. The third-order valence-electron chi connectivity index (χ3n) is 11.0. The summed E-state index contributed by atoms with van der Waals surface area (Å²) in [5.74, 6) is 1.12. The fourth-order valence-corrected chi connectivity index (χ4v) is 7.65. The van der Waals surface area contributed by atoms with Crippen LogP contribution in [0, 0.1) is 0 Å². The van der Waals surface area contributed by atoms with Crippen molar-refractivity contribution >= 4 is 17.9 Å². The second kappa shape index (κ2) is 16.7. The maximum Gasteiger partial charge on any atom is 0.407 e. The van der Waals surface area contributed by atoms with Crippen LogP contribution in [0.4, 0.5) is 4.79 Å². The van der Waals surface area contributed by atoms with Crippen molar-refractivity contribution in [3.8, 4) is 33.6 Å². The average molecular weight is 765 g/mol. The van der Waals surface area contributed by atoms with E-state index in [-0.39, 0.29) is 23.9 Å². The Hall–Kier alpha value is -6.53. The van der Waals surface area contributed by atoms with Gasteiger partial charge < -0.3 is 24.9 Å². The average Bonchev–Trinajstić information content (AvgIpc) is 4.03. The molecule has 0 saturated carbocycles. The fourth-order valence-electron chi connectivity index (χ4n) is 7.65. The quantitative estimate of drug-likeness (QED) is 0.115. The van der Waals surface area contributed by atoms with Gasteiger partial charge in [-0.05, 0) is 67.2 Å². The van der Waals surface area contributed by atoms with Gasteiger partial charge in [0.25, 0.3) is 0 Å². The van der Waals surface area contributed by atoms with Crippen molar-refractivity contribution in [2.75, 3.05) is 34.7 Å². The summed E-state index contributed by atoms with van der Waals surface area (Å²) in [6.07, 6.45) is 4.20. The van der Waals surface area contributed by atoms with Gasteiger partial charge in [-0.3, -0.25) is 19.4 Å². The summed E-state index contributed by atoms with van der Waals surface area (Å²) in [6, 6.07) is 33.4. The first-order valence-corrected chi connectivity index (χ1v) is 19.1. The number of nitrogens with zero attached hydrogens (tertiary/aromatic N) is 6. The topological polar surface area (TPSA) is 142 Å². The molecule has 6 aromatic rings. The number of aromatic amines is 2. The van der Waals surface area contributed by atoms with Gasteiger partial charge in [0.2, 0.25) is 11.8 Å². The summed E-state index contributed by atoms with van der Waals surface area (Å²) in [4.78, 5) is 62.2. The number of benzene rings is 4. The standard InChI is InChI=1S/C45H48N8O4/c1-29(51(4)43(54)40(52(5)45(56)57)35-15-10-7-11-16-35)41-46-27-36(48-41)32-22-18-30(19-23-32)31-20-24-33(25-21-31)37-28-47-42(49-37)38-17-12-26-53(38)44(55)39(50(2)3)34-13-8-6-9-14-34/h6-11,13-16,18-25,27-29,38-40H,12,17,26H2,1-5H3,(H,46,48)(H,47,49)(H,56,57)/t29-,38?,39-,40?/m0/s1. The Labute approximate surface area is 332 Å². The van der Waals surface area contributed by atoms with Crippen LogP contribution in [0.3, 0.4) is 0 Å². The second-order valence-electron chi connectivity index (χ2n) is 14.8. The number of aromatic nitrogens is 4. The van der Waals surface area contributed by atoms with E-state index in [2.05, 4.69) is 51.4 Å². The van der Waals surface area contributed by atoms with Crippen LogP contribution in [0.15, 0.2) is 122 Å². The molecule has 0 aliphatic carbocycles. The summed E-state index contributed by atoms with van der Waals surface area (Å²) in [7, 11) is 6.95. The molecule has 3 N–H and O–H groups in total. The van der Waals surface area contributed by atoms with E-state index in [1.54, 1.807) is 37.5 Å². The van der Waals surface area contributed by atoms with Crippen molar-refractivity contribution in [3.63, 3.8) is 0 Å². The lowest BCUT2D eigenvalue weighted by Crippen LogP contribution is -2.43. The highest BCUT2D eigenvalue weighted by Crippen LogP contribution is 2.36. The summed E-state index contributed by atoms with van der Waals surface area (Å²) in [5, 5.41) is 9.71. The number of likely N-dealkylation sites (tertiary alicyclic amines) is 1. The lowest BCUT2D eigenvalue weighted by Gasteiger charge is -2.32. The van der Waals surface area contributed by atoms with Crippen LogP contribution < -0.4 is 0 Å². The molecular formula is C45H48N8O4. The molecule has 4 aromatic carbocycles. The van der Waals surface area contributed by atoms with Crippen LogP contribution in [0.5, 0.6) is 0 Å². The molecule has 0 radical (unpaired) electrons. The molecule has 7 rings (SSSR count). The van der Waals surface area contributed by atoms with Gasteiger partial charge in [0.05, 0.1) is 35.9 Å². The first-order chi connectivity index (χ1) is 27.5. The van der Waals surface area contributed by atoms with E-state index >= 15 is 0 Å². The SMILES string of the molecule is C[C@@H](c1ncc(-c2ccc(-c3ccc(-c4cnc(C5CCCN5C(=O)[C@H](c5ccccc5)N(C)C)[nH]4)cc3)cc2)[nH]1)N(C)C(=O)C(c1ccccc1)N(C)C(=O)O. The van der Waals surface area contributed by atoms with Gasteiger partial charge in [-0.2, -0.15) is 0 Å². The molecule has 3 amide bonds. The Morgan fingerprint density at radius 2 is 1.19 bits per heavy atom. The van der Waals surface area contributed by atoms with E-state index in [4.69, 9.17) is 4.98 Å². The number of nitrogens with one attached hydrogen (secondary N) is 2. The van der Waals surface area contributed by atoms with Gasteiger partial charge in [0.15, 0.2) is 0 Å². The highest BCUT2D eigenvalue weighted by Gasteiger charge is 2.37. The van der Waals surface area contributed by atoms with Crippen LogP contribution >= 0.6 is 0 Å². The molecule has 1 fully saturated rings. The molecule has 1 aliphatic heterocycles. The minimum atomic E-state index is -1.19. The summed E-state index contributed by atoms with van der Waals surface area (Å²) >= 11 is 0. The third-order valence-corrected chi connectivity index (χ3v) is 11.0. The Balaban J connectivity index is 1.01. The highest BCUT2D eigenvalue weighted by molar-refractivity contribution is 5.87. The maximum atomic E-state index is 13.9. The molecule has 292 valence electrons. The van der Waals surface area contributed by atoms with Gasteiger partial charge in [-0.15, -0.1) is 0 Å². The molecule has 57 heavy (non-hydrogen) atoms. The number of likely N-dealkylation sites (N-methyl/N-ethyl adjacent to an activating group) is 3. The minimum Gasteiger partial charge on any atom is -0.465 e. The number of amides is 3. The number of hydrogen-bond donors (Lipinski definition) is 3. The van der Waals surface area contributed by atoms with Gasteiger partial charge in [-0.1, -0.05) is 109 Å². The Kier molecular flexibility index (Phi) is 11.3. The third kappa shape index (κ3) is 8.08. The number of carbonyl (C=O) groups excluding carboxylic acids is 2. The van der Waals surface area contributed by atoms with Crippen LogP contribution in [-0.2, 0) is 9.59 Å². The van der Waals surface area contributed by atoms with Crippen LogP contribution in [0.25, 0.3) is 33.6 Å². The van der Waals surface area contributed by atoms with Crippen LogP contribution in [0.2, 0.25) is 0 Å². The van der Waals surface area contributed by atoms with E-state index in [1.165, 1.54) is 11.9 Å². The van der Waals surface area contributed by atoms with Crippen LogP contribution in [-0.4, -0.2) is 97.3 Å². The Bertz CT molecular complexity index is 2310. The number of carbonyl (C=O) groups is 3. The number of hydrogen-bond acceptors (Lipinski definition) is 6. The van der Waals surface area contributed by atoms with E-state index in [0.29, 0.717) is 17.9 Å². The van der Waals surface area contributed by atoms with Crippen molar-refractivity contribution in [2.45, 2.75) is 43.9 Å². The molecule has 4 atom stereocenters. The Morgan fingerprint density at radius 3 is 1.74 bits per heavy atom. The number of rotatable bonds is 12. The van der Waals surface area contributed by atoms with E-state index in [0.717, 1.165) is 62.8 Å². The number of H-pyrrole nitrogens is 2. The smallest absolute Gasteiger partial charge is 0.407 e. The van der Waals surface area contributed by atoms with Gasteiger partial charge >= 0.3 is 6.09 Å². The van der Waals surface area contributed by atoms with Crippen LogP contribution in [0.1, 0.15) is 66.7 Å². The van der Waals surface area contributed by atoms with Crippen molar-refractivity contribution in [1.82, 2.24) is 39.5 Å². The molecule has 1 aliphatic rings. The fraction of sp³-hybridized carbons (Fsp3) is 0.267. The number of imidazole rings is 2. The van der Waals surface area contributed by atoms with Crippen molar-refractivity contribution < 1.29 is 19.5 Å². The molecule has 12 nitrogen and oxygen atoms in total. The monoisotopic (exact) mass is 764 g/mol. The zero-order valence-corrected chi connectivity index (χ0v) is 32.8. The minimum absolute atomic E-state index is 0.0871. The first-order valence-electron chi connectivity index (χ1n) is 19.1. The van der Waals surface area contributed by atoms with Gasteiger partial charge in [-0.25, -0.2) is 14.8 Å². The van der Waals surface area contributed by atoms with E-state index < -0.39 is 18.2 Å². The molecule has 1 saturated heterocycles. The van der Waals surface area contributed by atoms with E-state index in [1.807, 2.05) is 85.5 Å². The van der Waals surface area contributed by atoms with E-state index in [9.17, 15) is 19.5 Å². The molecule has 3 heterocycles. The normalized spacial score (nSPS) is 15.6. The second-order valence-corrected chi connectivity index (χ2v) is 14.8. The molecule has 2 aromatic heterocycles. The largest absolute Gasteiger partial charge is 0.465 e. The van der Waals surface area contributed by atoms with Gasteiger partial charge in [0, 0.05) is 20.6 Å². The predicted molar refractivity (Wildman–Crippen MR) is 220 cm³/mol. The number of carboxylic acid groups (broad SMARTS) is 1. The lowest BCUT2D eigenvalue weighted by atomic mass is 10.0. The maximum absolute atomic E-state index is 13.9. The summed E-state index contributed by atoms with van der Waals surface area (Å²) in [6.45, 7) is 2.56. The molecule has 12 heteroatoms. The van der Waals surface area contributed by atoms with Crippen molar-refractivity contribution in [1.29, 1.82) is 0 Å². The molecular weight excluding hydrogens is 717 g/mol. The van der Waals surface area contributed by atoms with Crippen molar-refractivity contribution in [3.05, 3.63) is 144 Å². The van der Waals surface area contributed by atoms with Crippen molar-refractivity contribution in [2.24, 2.45) is 0 Å². The molecule has 0 spiro atoms. The Morgan fingerprint density at radius 1 is 0.684 bits per heavy atom. The first kappa shape index (κ1) is 38.7.